The summed E-state index contributed by atoms with van der Waals surface area (Å²) in [6.45, 7) is 0. The summed E-state index contributed by atoms with van der Waals surface area (Å²) in [7, 11) is 0. The molecule has 0 saturated carbocycles. The maximum atomic E-state index is 12.7. The zero-order valence-electron chi connectivity index (χ0n) is 10.2. The molecule has 0 aliphatic rings. The molecule has 0 bridgehead atoms. The van der Waals surface area contributed by atoms with E-state index >= 15 is 0 Å². The van der Waals surface area contributed by atoms with Crippen molar-refractivity contribution in [3.05, 3.63) is 48.3 Å². The van der Waals surface area contributed by atoms with Crippen LogP contribution in [0.25, 0.3) is 22.2 Å². The predicted molar refractivity (Wildman–Crippen MR) is 70.9 cm³/mol. The van der Waals surface area contributed by atoms with Crippen molar-refractivity contribution in [2.45, 2.75) is 6.18 Å². The number of hydrogen-bond acceptors (Lipinski definition) is 2. The van der Waals surface area contributed by atoms with Gasteiger partial charge in [0.2, 0.25) is 5.82 Å². The molecule has 0 unspecified atom stereocenters. The van der Waals surface area contributed by atoms with E-state index in [0.717, 1.165) is 5.56 Å². The molecule has 1 heterocycles. The molecule has 20 heavy (non-hydrogen) atoms. The van der Waals surface area contributed by atoms with Gasteiger partial charge in [0.15, 0.2) is 0 Å². The number of nitrogens with one attached hydrogen (secondary N) is 1. The van der Waals surface area contributed by atoms with E-state index in [1.165, 1.54) is 6.07 Å². The molecule has 6 heteroatoms. The van der Waals surface area contributed by atoms with Crippen molar-refractivity contribution >= 4 is 16.7 Å². The first-order valence-electron chi connectivity index (χ1n) is 5.87. The number of rotatable bonds is 1. The molecule has 3 N–H and O–H groups in total. The standard InChI is InChI=1S/C14H10F3N3/c15-14(16,17)13-19-11-7-9(18)6-10(12(11)20-13)8-4-2-1-3-5-8/h1-7H,18H2,(H,19,20). The molecule has 3 aromatic rings. The highest BCUT2D eigenvalue weighted by Crippen LogP contribution is 2.34. The Labute approximate surface area is 112 Å². The molecular formula is C14H10F3N3. The molecular weight excluding hydrogens is 267 g/mol. The number of aromatic nitrogens is 2. The maximum absolute atomic E-state index is 12.7. The highest BCUT2D eigenvalue weighted by atomic mass is 19.4. The summed E-state index contributed by atoms with van der Waals surface area (Å²) in [4.78, 5) is 5.94. The van der Waals surface area contributed by atoms with Gasteiger partial charge in [-0.2, -0.15) is 13.2 Å². The number of imidazole rings is 1. The number of halogens is 3. The Morgan fingerprint density at radius 1 is 1.05 bits per heavy atom. The molecule has 0 radical (unpaired) electrons. The molecule has 0 amide bonds. The van der Waals surface area contributed by atoms with Crippen molar-refractivity contribution in [1.82, 2.24) is 9.97 Å². The van der Waals surface area contributed by atoms with Crippen LogP contribution in [0.15, 0.2) is 42.5 Å². The second-order valence-electron chi connectivity index (χ2n) is 4.41. The van der Waals surface area contributed by atoms with E-state index in [1.807, 2.05) is 18.2 Å². The van der Waals surface area contributed by atoms with Crippen molar-refractivity contribution in [3.8, 4) is 11.1 Å². The van der Waals surface area contributed by atoms with Crippen LogP contribution in [0, 0.1) is 0 Å². The zero-order chi connectivity index (χ0) is 14.3. The van der Waals surface area contributed by atoms with Gasteiger partial charge in [-0.05, 0) is 17.7 Å². The van der Waals surface area contributed by atoms with Crippen LogP contribution in [0.2, 0.25) is 0 Å². The van der Waals surface area contributed by atoms with E-state index in [-0.39, 0.29) is 11.0 Å². The number of H-pyrrole nitrogens is 1. The second-order valence-corrected chi connectivity index (χ2v) is 4.41. The third-order valence-corrected chi connectivity index (χ3v) is 2.96. The fourth-order valence-corrected chi connectivity index (χ4v) is 2.11. The SMILES string of the molecule is Nc1cc(-c2ccccc2)c2nc(C(F)(F)F)[nH]c2c1. The summed E-state index contributed by atoms with van der Waals surface area (Å²) >= 11 is 0. The van der Waals surface area contributed by atoms with E-state index in [9.17, 15) is 13.2 Å². The smallest absolute Gasteiger partial charge is 0.399 e. The molecule has 0 saturated heterocycles. The molecule has 0 spiro atoms. The number of benzene rings is 2. The molecule has 0 fully saturated rings. The van der Waals surface area contributed by atoms with Crippen LogP contribution in [0.4, 0.5) is 18.9 Å². The molecule has 2 aromatic carbocycles. The van der Waals surface area contributed by atoms with E-state index in [1.54, 1.807) is 18.2 Å². The normalized spacial score (nSPS) is 11.9. The summed E-state index contributed by atoms with van der Waals surface area (Å²) in [5, 5.41) is 0. The number of alkyl halides is 3. The highest BCUT2D eigenvalue weighted by Gasteiger charge is 2.35. The van der Waals surface area contributed by atoms with E-state index < -0.39 is 12.0 Å². The molecule has 0 atom stereocenters. The van der Waals surface area contributed by atoms with Crippen LogP contribution in [0.3, 0.4) is 0 Å². The largest absolute Gasteiger partial charge is 0.449 e. The van der Waals surface area contributed by atoms with Crippen molar-refractivity contribution in [2.75, 3.05) is 5.73 Å². The lowest BCUT2D eigenvalue weighted by Crippen LogP contribution is -2.06. The summed E-state index contributed by atoms with van der Waals surface area (Å²) in [5.74, 6) is -1.02. The fourth-order valence-electron chi connectivity index (χ4n) is 2.11. The lowest BCUT2D eigenvalue weighted by molar-refractivity contribution is -0.144. The maximum Gasteiger partial charge on any atom is 0.449 e. The minimum Gasteiger partial charge on any atom is -0.399 e. The van der Waals surface area contributed by atoms with Crippen LogP contribution in [0.1, 0.15) is 5.82 Å². The van der Waals surface area contributed by atoms with Crippen molar-refractivity contribution in [3.63, 3.8) is 0 Å². The molecule has 1 aromatic heterocycles. The number of nitrogen functional groups attached to an aromatic ring is 1. The molecule has 0 aliphatic heterocycles. The zero-order valence-corrected chi connectivity index (χ0v) is 10.2. The molecule has 3 nitrogen and oxygen atoms in total. The summed E-state index contributed by atoms with van der Waals surface area (Å²) in [5.41, 5.74) is 8.02. The summed E-state index contributed by atoms with van der Waals surface area (Å²) < 4.78 is 38.2. The lowest BCUT2D eigenvalue weighted by atomic mass is 10.0. The van der Waals surface area contributed by atoms with Crippen LogP contribution in [0.5, 0.6) is 0 Å². The van der Waals surface area contributed by atoms with Gasteiger partial charge in [-0.25, -0.2) is 4.98 Å². The topological polar surface area (TPSA) is 54.7 Å². The Hall–Kier alpha value is -2.50. The van der Waals surface area contributed by atoms with Gasteiger partial charge >= 0.3 is 6.18 Å². The lowest BCUT2D eigenvalue weighted by Gasteiger charge is -2.04. The third kappa shape index (κ3) is 2.09. The fraction of sp³-hybridized carbons (Fsp3) is 0.0714. The van der Waals surface area contributed by atoms with E-state index in [4.69, 9.17) is 5.73 Å². The van der Waals surface area contributed by atoms with Gasteiger partial charge in [0, 0.05) is 11.3 Å². The second kappa shape index (κ2) is 4.26. The number of nitrogens with two attached hydrogens (primary N) is 1. The first kappa shape index (κ1) is 12.5. The molecule has 3 rings (SSSR count). The average molecular weight is 277 g/mol. The van der Waals surface area contributed by atoms with Crippen molar-refractivity contribution in [2.24, 2.45) is 0 Å². The monoisotopic (exact) mass is 277 g/mol. The van der Waals surface area contributed by atoms with Crippen molar-refractivity contribution in [1.29, 1.82) is 0 Å². The molecule has 0 aliphatic carbocycles. The van der Waals surface area contributed by atoms with Crippen LogP contribution >= 0.6 is 0 Å². The van der Waals surface area contributed by atoms with E-state index in [2.05, 4.69) is 9.97 Å². The van der Waals surface area contributed by atoms with Crippen LogP contribution in [-0.4, -0.2) is 9.97 Å². The van der Waals surface area contributed by atoms with Gasteiger partial charge in [-0.3, -0.25) is 0 Å². The minimum atomic E-state index is -4.51. The minimum absolute atomic E-state index is 0.262. The molecule has 102 valence electrons. The summed E-state index contributed by atoms with van der Waals surface area (Å²) in [6, 6.07) is 12.1. The van der Waals surface area contributed by atoms with Gasteiger partial charge < -0.3 is 10.7 Å². The number of fused-ring (bicyclic) bond motifs is 1. The summed E-state index contributed by atoms with van der Waals surface area (Å²) in [6.07, 6.45) is -4.51. The van der Waals surface area contributed by atoms with Gasteiger partial charge in [0.1, 0.15) is 0 Å². The van der Waals surface area contributed by atoms with Crippen LogP contribution < -0.4 is 5.73 Å². The number of nitrogens with zero attached hydrogens (tertiary/aromatic N) is 1. The Morgan fingerprint density at radius 3 is 2.40 bits per heavy atom. The third-order valence-electron chi connectivity index (χ3n) is 2.96. The van der Waals surface area contributed by atoms with Gasteiger partial charge in [0.25, 0.3) is 0 Å². The van der Waals surface area contributed by atoms with Gasteiger partial charge in [-0.15, -0.1) is 0 Å². The first-order valence-corrected chi connectivity index (χ1v) is 5.87. The number of hydrogen-bond donors (Lipinski definition) is 2. The van der Waals surface area contributed by atoms with Gasteiger partial charge in [-0.1, -0.05) is 30.3 Å². The Balaban J connectivity index is 2.29. The quantitative estimate of drug-likeness (QED) is 0.664. The van der Waals surface area contributed by atoms with Crippen LogP contribution in [-0.2, 0) is 6.18 Å². The van der Waals surface area contributed by atoms with Gasteiger partial charge in [0.05, 0.1) is 11.0 Å². The predicted octanol–water partition coefficient (Wildman–Crippen LogP) is 3.83. The average Bonchev–Trinajstić information content (AvgIpc) is 2.82. The first-order chi connectivity index (χ1) is 9.45. The Bertz CT molecular complexity index is 760. The Morgan fingerprint density at radius 2 is 1.75 bits per heavy atom. The highest BCUT2D eigenvalue weighted by molar-refractivity contribution is 5.94. The Kier molecular flexibility index (Phi) is 2.67. The van der Waals surface area contributed by atoms with E-state index in [0.29, 0.717) is 11.3 Å². The van der Waals surface area contributed by atoms with Crippen molar-refractivity contribution < 1.29 is 13.2 Å². The number of aromatic amines is 1. The number of anilines is 1.